The molecule has 4 fully saturated rings. The van der Waals surface area contributed by atoms with Gasteiger partial charge in [-0.1, -0.05) is 0 Å². The molecule has 0 atom stereocenters. The normalized spacial score (nSPS) is 49.6. The van der Waals surface area contributed by atoms with Gasteiger partial charge in [-0.15, -0.1) is 0 Å². The van der Waals surface area contributed by atoms with E-state index in [2.05, 4.69) is 10.5 Å². The van der Waals surface area contributed by atoms with Crippen molar-refractivity contribution in [3.05, 3.63) is 0 Å². The number of halogens is 3. The lowest BCUT2D eigenvalue weighted by molar-refractivity contribution is -0.0744. The highest BCUT2D eigenvalue weighted by atomic mass is 19.4. The van der Waals surface area contributed by atoms with E-state index in [1.807, 2.05) is 0 Å². The van der Waals surface area contributed by atoms with Crippen molar-refractivity contribution in [2.45, 2.75) is 50.2 Å². The maximum Gasteiger partial charge on any atom is 0.431 e. The molecule has 0 saturated heterocycles. The Labute approximate surface area is 104 Å². The summed E-state index contributed by atoms with van der Waals surface area (Å²) < 4.78 is 38.4. The van der Waals surface area contributed by atoms with Crippen LogP contribution < -0.4 is 5.43 Å². The Morgan fingerprint density at radius 2 is 1.56 bits per heavy atom. The third-order valence-electron chi connectivity index (χ3n) is 5.78. The maximum absolute atomic E-state index is 12.8. The van der Waals surface area contributed by atoms with Crippen LogP contribution in [0.2, 0.25) is 0 Å². The van der Waals surface area contributed by atoms with Crippen molar-refractivity contribution >= 4 is 5.71 Å². The van der Waals surface area contributed by atoms with Crippen LogP contribution in [0.4, 0.5) is 13.2 Å². The van der Waals surface area contributed by atoms with E-state index in [1.54, 1.807) is 0 Å². The van der Waals surface area contributed by atoms with Gasteiger partial charge in [0.1, 0.15) is 5.71 Å². The molecule has 1 aliphatic heterocycles. The molecular formula is C13H17F3N2. The molecule has 5 heteroatoms. The van der Waals surface area contributed by atoms with E-state index >= 15 is 0 Å². The lowest BCUT2D eigenvalue weighted by Crippen LogP contribution is -2.62. The van der Waals surface area contributed by atoms with Crippen molar-refractivity contribution in [2.24, 2.45) is 28.8 Å². The number of alkyl halides is 3. The summed E-state index contributed by atoms with van der Waals surface area (Å²) in [6.07, 6.45) is 1.61. The maximum atomic E-state index is 12.8. The summed E-state index contributed by atoms with van der Waals surface area (Å²) in [6.45, 7) is 0. The molecule has 5 aliphatic rings. The summed E-state index contributed by atoms with van der Waals surface area (Å²) in [4.78, 5) is 0. The molecule has 0 aromatic rings. The largest absolute Gasteiger partial charge is 0.431 e. The number of hydrogen-bond acceptors (Lipinski definition) is 2. The lowest BCUT2D eigenvalue weighted by Gasteiger charge is -2.59. The molecule has 1 spiro atoms. The van der Waals surface area contributed by atoms with Gasteiger partial charge < -0.3 is 5.43 Å². The van der Waals surface area contributed by atoms with Crippen LogP contribution in [0, 0.1) is 23.7 Å². The van der Waals surface area contributed by atoms with E-state index in [0.717, 1.165) is 37.5 Å². The Morgan fingerprint density at radius 3 is 2.00 bits per heavy atom. The summed E-state index contributed by atoms with van der Waals surface area (Å²) in [7, 11) is 0. The molecule has 0 amide bonds. The molecule has 1 N–H and O–H groups in total. The van der Waals surface area contributed by atoms with Crippen molar-refractivity contribution in [3.8, 4) is 0 Å². The molecule has 0 unspecified atom stereocenters. The van der Waals surface area contributed by atoms with Crippen molar-refractivity contribution in [1.82, 2.24) is 5.43 Å². The van der Waals surface area contributed by atoms with Crippen LogP contribution in [0.15, 0.2) is 5.10 Å². The lowest BCUT2D eigenvalue weighted by atomic mass is 9.48. The number of rotatable bonds is 0. The minimum absolute atomic E-state index is 0.102. The summed E-state index contributed by atoms with van der Waals surface area (Å²) in [5, 5.41) is 3.65. The monoisotopic (exact) mass is 258 g/mol. The number of hydrogen-bond donors (Lipinski definition) is 1. The Morgan fingerprint density at radius 1 is 1.00 bits per heavy atom. The first kappa shape index (κ1) is 11.1. The van der Waals surface area contributed by atoms with E-state index in [4.69, 9.17) is 0 Å². The first-order chi connectivity index (χ1) is 8.47. The van der Waals surface area contributed by atoms with Crippen LogP contribution in [0.3, 0.4) is 0 Å². The first-order valence-corrected chi connectivity index (χ1v) is 6.88. The summed E-state index contributed by atoms with van der Waals surface area (Å²) in [5.74, 6) is 2.37. The van der Waals surface area contributed by atoms with Gasteiger partial charge in [0.2, 0.25) is 0 Å². The zero-order valence-corrected chi connectivity index (χ0v) is 10.1. The van der Waals surface area contributed by atoms with Gasteiger partial charge in [0, 0.05) is 6.42 Å². The molecule has 0 aromatic heterocycles. The van der Waals surface area contributed by atoms with Crippen molar-refractivity contribution in [3.63, 3.8) is 0 Å². The van der Waals surface area contributed by atoms with Gasteiger partial charge in [-0.05, 0) is 55.8 Å². The van der Waals surface area contributed by atoms with E-state index in [1.165, 1.54) is 6.42 Å². The molecule has 5 rings (SSSR count). The quantitative estimate of drug-likeness (QED) is 0.709. The number of hydrazone groups is 1. The van der Waals surface area contributed by atoms with Crippen LogP contribution >= 0.6 is 0 Å². The number of nitrogens with zero attached hydrogens (tertiary/aromatic N) is 1. The van der Waals surface area contributed by atoms with Crippen molar-refractivity contribution in [2.75, 3.05) is 0 Å². The first-order valence-electron chi connectivity index (χ1n) is 6.88. The molecule has 0 aromatic carbocycles. The van der Waals surface area contributed by atoms with Gasteiger partial charge >= 0.3 is 6.18 Å². The standard InChI is InChI=1S/C13H17F3N2/c14-13(15,16)11-6-12(18-17-11)9-2-7-1-8(4-9)5-10(12)3-7/h7-10,18H,1-6H2. The second-order valence-corrected chi connectivity index (χ2v) is 6.69. The highest BCUT2D eigenvalue weighted by molar-refractivity contribution is 5.92. The smallest absolute Gasteiger partial charge is 0.303 e. The highest BCUT2D eigenvalue weighted by Gasteiger charge is 2.61. The number of nitrogens with one attached hydrogen (secondary N) is 1. The molecule has 4 bridgehead atoms. The average molecular weight is 258 g/mol. The molecule has 2 nitrogen and oxygen atoms in total. The van der Waals surface area contributed by atoms with E-state index in [-0.39, 0.29) is 12.0 Å². The Kier molecular flexibility index (Phi) is 1.99. The van der Waals surface area contributed by atoms with Gasteiger partial charge in [0.25, 0.3) is 0 Å². The second-order valence-electron chi connectivity index (χ2n) is 6.69. The second kappa shape index (κ2) is 3.23. The topological polar surface area (TPSA) is 24.4 Å². The summed E-state index contributed by atoms with van der Waals surface area (Å²) in [5.41, 5.74) is 2.00. The Bertz CT molecular complexity index is 385. The van der Waals surface area contributed by atoms with E-state index in [9.17, 15) is 13.2 Å². The molecular weight excluding hydrogens is 241 g/mol. The van der Waals surface area contributed by atoms with Crippen LogP contribution in [-0.2, 0) is 0 Å². The van der Waals surface area contributed by atoms with Crippen molar-refractivity contribution in [1.29, 1.82) is 0 Å². The van der Waals surface area contributed by atoms with Gasteiger partial charge in [0.05, 0.1) is 5.54 Å². The molecule has 1 heterocycles. The minimum Gasteiger partial charge on any atom is -0.303 e. The fourth-order valence-corrected chi connectivity index (χ4v) is 5.19. The SMILES string of the molecule is FC(F)(F)C1=NNC2(C1)C1CC3CC(C1)CC2C3. The fourth-order valence-electron chi connectivity index (χ4n) is 5.19. The minimum atomic E-state index is -4.26. The van der Waals surface area contributed by atoms with Crippen LogP contribution in [0.25, 0.3) is 0 Å². The van der Waals surface area contributed by atoms with E-state index in [0.29, 0.717) is 11.8 Å². The molecule has 4 aliphatic carbocycles. The Hall–Kier alpha value is -0.740. The van der Waals surface area contributed by atoms with Crippen LogP contribution in [-0.4, -0.2) is 17.4 Å². The predicted molar refractivity (Wildman–Crippen MR) is 61.0 cm³/mol. The molecule has 0 radical (unpaired) electrons. The predicted octanol–water partition coefficient (Wildman–Crippen LogP) is 3.09. The summed E-state index contributed by atoms with van der Waals surface area (Å²) >= 11 is 0. The van der Waals surface area contributed by atoms with E-state index < -0.39 is 11.9 Å². The average Bonchev–Trinajstić information content (AvgIpc) is 2.70. The van der Waals surface area contributed by atoms with Crippen molar-refractivity contribution < 1.29 is 13.2 Å². The highest BCUT2D eigenvalue weighted by Crippen LogP contribution is 2.60. The zero-order chi connectivity index (χ0) is 12.5. The Balaban J connectivity index is 1.63. The molecule has 4 saturated carbocycles. The summed E-state index contributed by atoms with van der Waals surface area (Å²) in [6, 6.07) is 0. The van der Waals surface area contributed by atoms with Gasteiger partial charge in [0.15, 0.2) is 0 Å². The van der Waals surface area contributed by atoms with Gasteiger partial charge in [-0.3, -0.25) is 0 Å². The third-order valence-corrected chi connectivity index (χ3v) is 5.78. The van der Waals surface area contributed by atoms with Gasteiger partial charge in [-0.25, -0.2) is 0 Å². The third kappa shape index (κ3) is 1.33. The van der Waals surface area contributed by atoms with Crippen LogP contribution in [0.1, 0.15) is 38.5 Å². The zero-order valence-electron chi connectivity index (χ0n) is 10.1. The molecule has 100 valence electrons. The van der Waals surface area contributed by atoms with Crippen LogP contribution in [0.5, 0.6) is 0 Å². The molecule has 18 heavy (non-hydrogen) atoms. The van der Waals surface area contributed by atoms with Gasteiger partial charge in [-0.2, -0.15) is 18.3 Å². The fraction of sp³-hybridized carbons (Fsp3) is 0.923.